The van der Waals surface area contributed by atoms with Crippen LogP contribution in [0.2, 0.25) is 0 Å². The number of anilines is 2. The van der Waals surface area contributed by atoms with E-state index in [0.717, 1.165) is 11.1 Å². The highest BCUT2D eigenvalue weighted by molar-refractivity contribution is 5.87. The van der Waals surface area contributed by atoms with E-state index in [1.807, 2.05) is 36.4 Å². The van der Waals surface area contributed by atoms with Crippen LogP contribution in [-0.2, 0) is 6.61 Å². The number of nitriles is 1. The standard InChI is InChI=1S/C22H22N6O2/c1-28(2)22-26-20(25-21(24)27-22)17(13-23)11-16-9-10-18(19(12-16)29-3)30-14-15-7-5-4-6-8-15/h4-12H,14H2,1-3H3,(H2,24,25,26,27)/b17-11+. The van der Waals surface area contributed by atoms with Crippen LogP contribution in [0.15, 0.2) is 48.5 Å². The monoisotopic (exact) mass is 402 g/mol. The van der Waals surface area contributed by atoms with E-state index >= 15 is 0 Å². The summed E-state index contributed by atoms with van der Waals surface area (Å²) in [5, 5.41) is 9.62. The molecule has 152 valence electrons. The van der Waals surface area contributed by atoms with Gasteiger partial charge in [0.1, 0.15) is 12.7 Å². The van der Waals surface area contributed by atoms with Gasteiger partial charge in [-0.3, -0.25) is 0 Å². The summed E-state index contributed by atoms with van der Waals surface area (Å²) >= 11 is 0. The van der Waals surface area contributed by atoms with Crippen molar-refractivity contribution >= 4 is 23.5 Å². The minimum atomic E-state index is 0.0482. The van der Waals surface area contributed by atoms with Crippen LogP contribution in [-0.4, -0.2) is 36.2 Å². The van der Waals surface area contributed by atoms with Crippen LogP contribution >= 0.6 is 0 Å². The van der Waals surface area contributed by atoms with E-state index in [2.05, 4.69) is 21.0 Å². The van der Waals surface area contributed by atoms with Crippen molar-refractivity contribution in [3.63, 3.8) is 0 Å². The van der Waals surface area contributed by atoms with Crippen molar-refractivity contribution in [2.45, 2.75) is 6.61 Å². The van der Waals surface area contributed by atoms with E-state index in [-0.39, 0.29) is 17.3 Å². The van der Waals surface area contributed by atoms with Gasteiger partial charge >= 0.3 is 0 Å². The highest BCUT2D eigenvalue weighted by atomic mass is 16.5. The van der Waals surface area contributed by atoms with Crippen LogP contribution in [0.25, 0.3) is 11.6 Å². The lowest BCUT2D eigenvalue weighted by Gasteiger charge is -2.12. The van der Waals surface area contributed by atoms with Gasteiger partial charge in [-0.05, 0) is 29.3 Å². The Morgan fingerprint density at radius 1 is 1.10 bits per heavy atom. The van der Waals surface area contributed by atoms with E-state index in [9.17, 15) is 5.26 Å². The summed E-state index contributed by atoms with van der Waals surface area (Å²) in [5.41, 5.74) is 7.82. The molecule has 0 saturated carbocycles. The number of aromatic nitrogens is 3. The van der Waals surface area contributed by atoms with Crippen LogP contribution in [0.3, 0.4) is 0 Å². The first-order valence-corrected chi connectivity index (χ1v) is 9.16. The summed E-state index contributed by atoms with van der Waals surface area (Å²) in [6.07, 6.45) is 1.66. The lowest BCUT2D eigenvalue weighted by atomic mass is 10.1. The number of nitrogen functional groups attached to an aromatic ring is 1. The van der Waals surface area contributed by atoms with E-state index < -0.39 is 0 Å². The molecule has 0 fully saturated rings. The topological polar surface area (TPSA) is 110 Å². The Balaban J connectivity index is 1.88. The first-order chi connectivity index (χ1) is 14.5. The van der Waals surface area contributed by atoms with Gasteiger partial charge in [0.15, 0.2) is 17.3 Å². The fourth-order valence-corrected chi connectivity index (χ4v) is 2.64. The van der Waals surface area contributed by atoms with Crippen molar-refractivity contribution in [2.24, 2.45) is 0 Å². The number of nitrogens with zero attached hydrogens (tertiary/aromatic N) is 5. The van der Waals surface area contributed by atoms with Crippen LogP contribution in [0.5, 0.6) is 11.5 Å². The molecular weight excluding hydrogens is 380 g/mol. The van der Waals surface area contributed by atoms with Crippen LogP contribution < -0.4 is 20.1 Å². The van der Waals surface area contributed by atoms with E-state index in [0.29, 0.717) is 24.1 Å². The molecule has 0 saturated heterocycles. The molecule has 3 aromatic rings. The average Bonchev–Trinajstić information content (AvgIpc) is 2.76. The summed E-state index contributed by atoms with van der Waals surface area (Å²) in [4.78, 5) is 14.1. The lowest BCUT2D eigenvalue weighted by Crippen LogP contribution is -2.15. The predicted octanol–water partition coefficient (Wildman–Crippen LogP) is 3.17. The maximum absolute atomic E-state index is 9.62. The number of hydrogen-bond acceptors (Lipinski definition) is 8. The van der Waals surface area contributed by atoms with Crippen LogP contribution in [0, 0.1) is 11.3 Å². The van der Waals surface area contributed by atoms with Crippen LogP contribution in [0.4, 0.5) is 11.9 Å². The van der Waals surface area contributed by atoms with Gasteiger partial charge in [0.05, 0.1) is 12.7 Å². The van der Waals surface area contributed by atoms with Crippen molar-refractivity contribution < 1.29 is 9.47 Å². The first-order valence-electron chi connectivity index (χ1n) is 9.16. The Morgan fingerprint density at radius 3 is 2.53 bits per heavy atom. The molecule has 2 aromatic carbocycles. The average molecular weight is 402 g/mol. The van der Waals surface area contributed by atoms with Gasteiger partial charge in [-0.2, -0.15) is 20.2 Å². The third-order valence-electron chi connectivity index (χ3n) is 4.14. The van der Waals surface area contributed by atoms with E-state index in [1.54, 1.807) is 44.3 Å². The molecule has 3 rings (SSSR count). The van der Waals surface area contributed by atoms with Crippen molar-refractivity contribution in [1.29, 1.82) is 5.26 Å². The van der Waals surface area contributed by atoms with Crippen molar-refractivity contribution in [3.05, 3.63) is 65.5 Å². The molecule has 0 unspecified atom stereocenters. The molecule has 0 aliphatic rings. The fraction of sp³-hybridized carbons (Fsp3) is 0.182. The van der Waals surface area contributed by atoms with E-state index in [1.165, 1.54) is 0 Å². The van der Waals surface area contributed by atoms with Crippen molar-refractivity contribution in [1.82, 2.24) is 15.0 Å². The number of hydrogen-bond donors (Lipinski definition) is 1. The second-order valence-corrected chi connectivity index (χ2v) is 6.57. The minimum Gasteiger partial charge on any atom is -0.493 e. The molecule has 1 heterocycles. The molecule has 30 heavy (non-hydrogen) atoms. The molecule has 8 nitrogen and oxygen atoms in total. The Morgan fingerprint density at radius 2 is 1.87 bits per heavy atom. The molecule has 0 aliphatic heterocycles. The number of ether oxygens (including phenoxy) is 2. The zero-order chi connectivity index (χ0) is 21.5. The van der Waals surface area contributed by atoms with Gasteiger partial charge in [0.25, 0.3) is 0 Å². The second-order valence-electron chi connectivity index (χ2n) is 6.57. The second kappa shape index (κ2) is 9.39. The maximum atomic E-state index is 9.62. The number of methoxy groups -OCH3 is 1. The normalized spacial score (nSPS) is 10.9. The molecule has 0 radical (unpaired) electrons. The molecule has 1 aromatic heterocycles. The maximum Gasteiger partial charge on any atom is 0.230 e. The summed E-state index contributed by atoms with van der Waals surface area (Å²) in [5.74, 6) is 1.79. The zero-order valence-electron chi connectivity index (χ0n) is 17.0. The molecule has 8 heteroatoms. The SMILES string of the molecule is COc1cc(/C=C(\C#N)c2nc(N)nc(N(C)C)n2)ccc1OCc1ccccc1. The van der Waals surface area contributed by atoms with Gasteiger partial charge in [0, 0.05) is 14.1 Å². The fourth-order valence-electron chi connectivity index (χ4n) is 2.64. The molecule has 2 N–H and O–H groups in total. The number of allylic oxidation sites excluding steroid dienone is 1. The quantitative estimate of drug-likeness (QED) is 0.600. The van der Waals surface area contributed by atoms with Gasteiger partial charge in [-0.15, -0.1) is 0 Å². The highest BCUT2D eigenvalue weighted by Gasteiger charge is 2.12. The number of benzene rings is 2. The van der Waals surface area contributed by atoms with Gasteiger partial charge in [-0.25, -0.2) is 0 Å². The van der Waals surface area contributed by atoms with Crippen molar-refractivity contribution in [3.8, 4) is 17.6 Å². The van der Waals surface area contributed by atoms with Gasteiger partial charge in [0.2, 0.25) is 11.9 Å². The third-order valence-corrected chi connectivity index (χ3v) is 4.14. The Labute approximate surface area is 175 Å². The lowest BCUT2D eigenvalue weighted by molar-refractivity contribution is 0.284. The molecule has 0 spiro atoms. The van der Waals surface area contributed by atoms with Gasteiger partial charge < -0.3 is 20.1 Å². The summed E-state index contributed by atoms with van der Waals surface area (Å²) in [7, 11) is 5.14. The summed E-state index contributed by atoms with van der Waals surface area (Å²) < 4.78 is 11.3. The molecule has 0 amide bonds. The van der Waals surface area contributed by atoms with Gasteiger partial charge in [-0.1, -0.05) is 36.4 Å². The first kappa shape index (κ1) is 20.6. The Kier molecular flexibility index (Phi) is 6.45. The van der Waals surface area contributed by atoms with Crippen molar-refractivity contribution in [2.75, 3.05) is 31.8 Å². The molecule has 0 atom stereocenters. The molecule has 0 bridgehead atoms. The highest BCUT2D eigenvalue weighted by Crippen LogP contribution is 2.30. The number of rotatable bonds is 7. The summed E-state index contributed by atoms with van der Waals surface area (Å²) in [6.45, 7) is 0.424. The predicted molar refractivity (Wildman–Crippen MR) is 116 cm³/mol. The smallest absolute Gasteiger partial charge is 0.230 e. The number of nitrogens with two attached hydrogens (primary N) is 1. The van der Waals surface area contributed by atoms with E-state index in [4.69, 9.17) is 15.2 Å². The zero-order valence-corrected chi connectivity index (χ0v) is 17.0. The largest absolute Gasteiger partial charge is 0.493 e. The molecule has 0 aliphatic carbocycles. The van der Waals surface area contributed by atoms with Crippen LogP contribution in [0.1, 0.15) is 17.0 Å². The Hall–Kier alpha value is -4.12. The Bertz CT molecular complexity index is 1090. The minimum absolute atomic E-state index is 0.0482. The third kappa shape index (κ3) is 5.02. The summed E-state index contributed by atoms with van der Waals surface area (Å²) in [6, 6.07) is 17.4. The molecular formula is C22H22N6O2.